The lowest BCUT2D eigenvalue weighted by molar-refractivity contribution is 0.0642. The SMILES string of the molecule is O=C1c2ccccc2C(=O)N1Cc1ccc(Oc2c(F)cccc2F)cc1. The average molecular weight is 365 g/mol. The topological polar surface area (TPSA) is 46.6 Å². The van der Waals surface area contributed by atoms with E-state index in [1.54, 1.807) is 36.4 Å². The van der Waals surface area contributed by atoms with E-state index in [-0.39, 0.29) is 24.1 Å². The molecule has 3 aromatic carbocycles. The number of para-hydroxylation sites is 1. The molecule has 0 radical (unpaired) electrons. The van der Waals surface area contributed by atoms with Crippen LogP contribution >= 0.6 is 0 Å². The van der Waals surface area contributed by atoms with Crippen LogP contribution in [0.25, 0.3) is 0 Å². The molecular weight excluding hydrogens is 352 g/mol. The number of benzene rings is 3. The minimum atomic E-state index is -0.801. The normalized spacial score (nSPS) is 13.0. The highest BCUT2D eigenvalue weighted by molar-refractivity contribution is 6.21. The molecule has 134 valence electrons. The van der Waals surface area contributed by atoms with Gasteiger partial charge in [-0.25, -0.2) is 8.78 Å². The molecule has 0 N–H and O–H groups in total. The Balaban J connectivity index is 1.51. The van der Waals surface area contributed by atoms with E-state index in [4.69, 9.17) is 4.74 Å². The molecule has 1 heterocycles. The van der Waals surface area contributed by atoms with E-state index >= 15 is 0 Å². The highest BCUT2D eigenvalue weighted by Crippen LogP contribution is 2.28. The average Bonchev–Trinajstić information content (AvgIpc) is 2.91. The highest BCUT2D eigenvalue weighted by Gasteiger charge is 2.34. The zero-order chi connectivity index (χ0) is 19.0. The molecule has 0 spiro atoms. The summed E-state index contributed by atoms with van der Waals surface area (Å²) in [5.41, 5.74) is 1.46. The Morgan fingerprint density at radius 1 is 0.741 bits per heavy atom. The second kappa shape index (κ2) is 6.64. The third-order valence-electron chi connectivity index (χ3n) is 4.28. The molecule has 2 amide bonds. The molecule has 1 aliphatic rings. The first kappa shape index (κ1) is 16.9. The van der Waals surface area contributed by atoms with Crippen molar-refractivity contribution in [1.82, 2.24) is 4.90 Å². The molecule has 0 aliphatic carbocycles. The van der Waals surface area contributed by atoms with Crippen molar-refractivity contribution in [1.29, 1.82) is 0 Å². The van der Waals surface area contributed by atoms with Crippen LogP contribution in [0.3, 0.4) is 0 Å². The van der Waals surface area contributed by atoms with Crippen LogP contribution in [0.1, 0.15) is 26.3 Å². The Bertz CT molecular complexity index is 992. The van der Waals surface area contributed by atoms with Crippen molar-refractivity contribution in [2.75, 3.05) is 0 Å². The van der Waals surface area contributed by atoms with Crippen LogP contribution in [0, 0.1) is 11.6 Å². The summed E-state index contributed by atoms with van der Waals surface area (Å²) in [6.07, 6.45) is 0. The fourth-order valence-corrected chi connectivity index (χ4v) is 2.93. The smallest absolute Gasteiger partial charge is 0.261 e. The van der Waals surface area contributed by atoms with Crippen molar-refractivity contribution < 1.29 is 23.1 Å². The van der Waals surface area contributed by atoms with Crippen molar-refractivity contribution in [3.8, 4) is 11.5 Å². The van der Waals surface area contributed by atoms with Crippen molar-refractivity contribution in [2.45, 2.75) is 6.54 Å². The predicted molar refractivity (Wildman–Crippen MR) is 93.5 cm³/mol. The number of amides is 2. The molecule has 0 fully saturated rings. The van der Waals surface area contributed by atoms with Gasteiger partial charge in [-0.05, 0) is 42.0 Å². The quantitative estimate of drug-likeness (QED) is 0.637. The summed E-state index contributed by atoms with van der Waals surface area (Å²) < 4.78 is 32.6. The maximum Gasteiger partial charge on any atom is 0.261 e. The van der Waals surface area contributed by atoms with Gasteiger partial charge < -0.3 is 4.74 Å². The van der Waals surface area contributed by atoms with Crippen molar-refractivity contribution >= 4 is 11.8 Å². The fourth-order valence-electron chi connectivity index (χ4n) is 2.93. The largest absolute Gasteiger partial charge is 0.451 e. The Hall–Kier alpha value is -3.54. The van der Waals surface area contributed by atoms with Gasteiger partial charge in [-0.2, -0.15) is 0 Å². The maximum atomic E-state index is 13.7. The first-order valence-electron chi connectivity index (χ1n) is 8.20. The molecule has 3 aromatic rings. The van der Waals surface area contributed by atoms with Gasteiger partial charge in [-0.15, -0.1) is 0 Å². The summed E-state index contributed by atoms with van der Waals surface area (Å²) in [5, 5.41) is 0. The lowest BCUT2D eigenvalue weighted by atomic mass is 10.1. The van der Waals surface area contributed by atoms with Gasteiger partial charge in [0.2, 0.25) is 0 Å². The van der Waals surface area contributed by atoms with Crippen LogP contribution in [0.15, 0.2) is 66.7 Å². The summed E-state index contributed by atoms with van der Waals surface area (Å²) in [4.78, 5) is 25.9. The van der Waals surface area contributed by atoms with E-state index in [1.807, 2.05) is 0 Å². The van der Waals surface area contributed by atoms with Crippen LogP contribution in [0.2, 0.25) is 0 Å². The molecule has 27 heavy (non-hydrogen) atoms. The monoisotopic (exact) mass is 365 g/mol. The summed E-state index contributed by atoms with van der Waals surface area (Å²) in [6.45, 7) is 0.0979. The van der Waals surface area contributed by atoms with E-state index in [1.165, 1.54) is 18.2 Å². The van der Waals surface area contributed by atoms with Gasteiger partial charge in [-0.3, -0.25) is 14.5 Å². The van der Waals surface area contributed by atoms with Gasteiger partial charge in [0.25, 0.3) is 11.8 Å². The Morgan fingerprint density at radius 2 is 1.30 bits per heavy atom. The van der Waals surface area contributed by atoms with Gasteiger partial charge in [0.1, 0.15) is 5.75 Å². The minimum Gasteiger partial charge on any atom is -0.451 e. The zero-order valence-corrected chi connectivity index (χ0v) is 14.0. The molecule has 4 nitrogen and oxygen atoms in total. The summed E-state index contributed by atoms with van der Waals surface area (Å²) in [5.74, 6) is -2.53. The third kappa shape index (κ3) is 3.06. The molecule has 0 aromatic heterocycles. The molecule has 0 atom stereocenters. The summed E-state index contributed by atoms with van der Waals surface area (Å²) in [6, 6.07) is 16.5. The highest BCUT2D eigenvalue weighted by atomic mass is 19.1. The summed E-state index contributed by atoms with van der Waals surface area (Å²) in [7, 11) is 0. The number of nitrogens with zero attached hydrogens (tertiary/aromatic N) is 1. The van der Waals surface area contributed by atoms with Crippen LogP contribution in [-0.4, -0.2) is 16.7 Å². The number of ether oxygens (including phenoxy) is 1. The van der Waals surface area contributed by atoms with E-state index < -0.39 is 17.4 Å². The molecular formula is C21H13F2NO3. The third-order valence-corrected chi connectivity index (χ3v) is 4.28. The van der Waals surface area contributed by atoms with Gasteiger partial charge in [0.15, 0.2) is 17.4 Å². The van der Waals surface area contributed by atoms with E-state index in [0.29, 0.717) is 16.7 Å². The van der Waals surface area contributed by atoms with Crippen LogP contribution in [0.4, 0.5) is 8.78 Å². The van der Waals surface area contributed by atoms with E-state index in [0.717, 1.165) is 17.0 Å². The maximum absolute atomic E-state index is 13.7. The zero-order valence-electron chi connectivity index (χ0n) is 14.0. The van der Waals surface area contributed by atoms with Crippen molar-refractivity contribution in [2.24, 2.45) is 0 Å². The minimum absolute atomic E-state index is 0.0979. The van der Waals surface area contributed by atoms with E-state index in [9.17, 15) is 18.4 Å². The van der Waals surface area contributed by atoms with Crippen LogP contribution < -0.4 is 4.74 Å². The standard InChI is InChI=1S/C21H13F2NO3/c22-17-6-3-7-18(23)19(17)27-14-10-8-13(9-11-14)12-24-20(25)15-4-1-2-5-16(15)21(24)26/h1-11H,12H2. The molecule has 0 unspecified atom stereocenters. The summed E-state index contributed by atoms with van der Waals surface area (Å²) >= 11 is 0. The van der Waals surface area contributed by atoms with E-state index in [2.05, 4.69) is 0 Å². The molecule has 1 aliphatic heterocycles. The number of fused-ring (bicyclic) bond motifs is 1. The fraction of sp³-hybridized carbons (Fsp3) is 0.0476. The molecule has 4 rings (SSSR count). The van der Waals surface area contributed by atoms with Crippen LogP contribution in [-0.2, 0) is 6.54 Å². The van der Waals surface area contributed by atoms with Crippen molar-refractivity contribution in [3.63, 3.8) is 0 Å². The molecule has 6 heteroatoms. The van der Waals surface area contributed by atoms with Gasteiger partial charge in [-0.1, -0.05) is 30.3 Å². The second-order valence-corrected chi connectivity index (χ2v) is 6.04. The first-order chi connectivity index (χ1) is 13.0. The molecule has 0 saturated heterocycles. The van der Waals surface area contributed by atoms with Gasteiger partial charge in [0, 0.05) is 0 Å². The second-order valence-electron chi connectivity index (χ2n) is 6.04. The van der Waals surface area contributed by atoms with Crippen LogP contribution in [0.5, 0.6) is 11.5 Å². The van der Waals surface area contributed by atoms with Gasteiger partial charge >= 0.3 is 0 Å². The number of rotatable bonds is 4. The van der Waals surface area contributed by atoms with Gasteiger partial charge in [0.05, 0.1) is 17.7 Å². The Labute approximate surface area is 153 Å². The number of hydrogen-bond acceptors (Lipinski definition) is 3. The lowest BCUT2D eigenvalue weighted by Crippen LogP contribution is -2.29. The number of halogens is 2. The number of carbonyl (C=O) groups is 2. The Kier molecular flexibility index (Phi) is 4.16. The number of hydrogen-bond donors (Lipinski definition) is 0. The lowest BCUT2D eigenvalue weighted by Gasteiger charge is -2.14. The predicted octanol–water partition coefficient (Wildman–Crippen LogP) is 4.55. The molecule has 0 bridgehead atoms. The molecule has 0 saturated carbocycles. The van der Waals surface area contributed by atoms with Crippen molar-refractivity contribution in [3.05, 3.63) is 95.1 Å². The Morgan fingerprint density at radius 3 is 1.85 bits per heavy atom. The number of imide groups is 1. The first-order valence-corrected chi connectivity index (χ1v) is 8.20. The number of carbonyl (C=O) groups excluding carboxylic acids is 2.